The van der Waals surface area contributed by atoms with Crippen LogP contribution in [0.4, 0.5) is 0 Å². The number of hydrogen-bond donors (Lipinski definition) is 0. The van der Waals surface area contributed by atoms with Gasteiger partial charge in [0.2, 0.25) is 5.76 Å². The van der Waals surface area contributed by atoms with Crippen LogP contribution in [0.25, 0.3) is 11.0 Å². The second-order valence-electron chi connectivity index (χ2n) is 9.29. The first-order valence-electron chi connectivity index (χ1n) is 13.2. The number of morpholine rings is 1. The average molecular weight is 507 g/mol. The van der Waals surface area contributed by atoms with E-state index >= 15 is 0 Å². The lowest BCUT2D eigenvalue weighted by molar-refractivity contribution is 0.0314. The van der Waals surface area contributed by atoms with Crippen molar-refractivity contribution in [1.29, 1.82) is 0 Å². The number of carbonyl (C=O) groups is 1. The molecule has 0 radical (unpaired) electrons. The maximum absolute atomic E-state index is 13.9. The summed E-state index contributed by atoms with van der Waals surface area (Å²) in [5.74, 6) is 1.09. The van der Waals surface area contributed by atoms with Crippen LogP contribution in [0.1, 0.15) is 54.1 Å². The molecule has 2 aromatic carbocycles. The molecule has 1 saturated heterocycles. The quantitative estimate of drug-likeness (QED) is 0.433. The Morgan fingerprint density at radius 2 is 1.68 bits per heavy atom. The van der Waals surface area contributed by atoms with Gasteiger partial charge in [-0.1, -0.05) is 19.1 Å². The molecule has 1 unspecified atom stereocenters. The van der Waals surface area contributed by atoms with E-state index in [0.717, 1.165) is 30.6 Å². The standard InChI is InChI=1S/C29H34N2O6/c1-4-19-7-9-22-21(17-19)27(32)25-26(20-8-10-23(35-5-2)24(18-20)36-6-3)31(29(33)28(25)37-22)12-11-30-13-15-34-16-14-30/h7-10,17-18,26H,4-6,11-16H2,1-3H3. The summed E-state index contributed by atoms with van der Waals surface area (Å²) in [6.45, 7) is 11.0. The van der Waals surface area contributed by atoms with Crippen LogP contribution in [0.5, 0.6) is 11.5 Å². The third-order valence-corrected chi connectivity index (χ3v) is 7.08. The van der Waals surface area contributed by atoms with E-state index < -0.39 is 6.04 Å². The largest absolute Gasteiger partial charge is 0.490 e. The minimum absolute atomic E-state index is 0.126. The maximum atomic E-state index is 13.9. The van der Waals surface area contributed by atoms with Crippen LogP contribution in [0.3, 0.4) is 0 Å². The summed E-state index contributed by atoms with van der Waals surface area (Å²) in [4.78, 5) is 31.7. The fraction of sp³-hybridized carbons (Fsp3) is 0.448. The lowest BCUT2D eigenvalue weighted by Gasteiger charge is -2.31. The number of amides is 1. The van der Waals surface area contributed by atoms with Gasteiger partial charge in [0.05, 0.1) is 43.4 Å². The van der Waals surface area contributed by atoms with Crippen molar-refractivity contribution in [2.45, 2.75) is 33.2 Å². The Morgan fingerprint density at radius 3 is 2.41 bits per heavy atom. The Kier molecular flexibility index (Phi) is 7.48. The van der Waals surface area contributed by atoms with Crippen LogP contribution in [0.2, 0.25) is 0 Å². The summed E-state index contributed by atoms with van der Waals surface area (Å²) in [5.41, 5.74) is 2.50. The van der Waals surface area contributed by atoms with Gasteiger partial charge < -0.3 is 23.5 Å². The molecule has 2 aliphatic heterocycles. The second kappa shape index (κ2) is 10.9. The van der Waals surface area contributed by atoms with E-state index in [1.54, 1.807) is 11.0 Å². The van der Waals surface area contributed by atoms with Crippen molar-refractivity contribution in [2.24, 2.45) is 0 Å². The summed E-state index contributed by atoms with van der Waals surface area (Å²) >= 11 is 0. The molecule has 0 N–H and O–H groups in total. The van der Waals surface area contributed by atoms with Gasteiger partial charge in [-0.2, -0.15) is 0 Å². The van der Waals surface area contributed by atoms with E-state index in [2.05, 4.69) is 4.90 Å². The van der Waals surface area contributed by atoms with Gasteiger partial charge in [-0.15, -0.1) is 0 Å². The molecule has 8 nitrogen and oxygen atoms in total. The van der Waals surface area contributed by atoms with E-state index in [9.17, 15) is 9.59 Å². The summed E-state index contributed by atoms with van der Waals surface area (Å²) < 4.78 is 23.2. The lowest BCUT2D eigenvalue weighted by Crippen LogP contribution is -2.42. The van der Waals surface area contributed by atoms with Crippen LogP contribution >= 0.6 is 0 Å². The highest BCUT2D eigenvalue weighted by molar-refractivity contribution is 5.99. The van der Waals surface area contributed by atoms with Gasteiger partial charge in [0.15, 0.2) is 16.9 Å². The molecule has 1 amide bonds. The lowest BCUT2D eigenvalue weighted by atomic mass is 9.97. The van der Waals surface area contributed by atoms with E-state index in [4.69, 9.17) is 18.6 Å². The molecule has 0 aliphatic carbocycles. The highest BCUT2D eigenvalue weighted by Crippen LogP contribution is 2.41. The molecule has 196 valence electrons. The van der Waals surface area contributed by atoms with Crippen LogP contribution in [0.15, 0.2) is 45.6 Å². The zero-order chi connectivity index (χ0) is 25.9. The highest BCUT2D eigenvalue weighted by atomic mass is 16.5. The van der Waals surface area contributed by atoms with E-state index in [-0.39, 0.29) is 17.1 Å². The van der Waals surface area contributed by atoms with Crippen molar-refractivity contribution in [3.8, 4) is 11.5 Å². The fourth-order valence-electron chi connectivity index (χ4n) is 5.18. The maximum Gasteiger partial charge on any atom is 0.290 e. The van der Waals surface area contributed by atoms with Crippen molar-refractivity contribution in [3.05, 3.63) is 69.1 Å². The predicted molar refractivity (Wildman–Crippen MR) is 141 cm³/mol. The number of rotatable bonds is 9. The first-order valence-corrected chi connectivity index (χ1v) is 13.2. The van der Waals surface area contributed by atoms with Gasteiger partial charge in [-0.25, -0.2) is 0 Å². The van der Waals surface area contributed by atoms with Gasteiger partial charge in [0.25, 0.3) is 5.91 Å². The van der Waals surface area contributed by atoms with Gasteiger partial charge in [-0.3, -0.25) is 14.5 Å². The number of benzene rings is 2. The minimum Gasteiger partial charge on any atom is -0.490 e. The Hall–Kier alpha value is -3.36. The molecule has 0 bridgehead atoms. The summed E-state index contributed by atoms with van der Waals surface area (Å²) in [7, 11) is 0. The Balaban J connectivity index is 1.62. The first-order chi connectivity index (χ1) is 18.0. The molecule has 5 rings (SSSR count). The molecular weight excluding hydrogens is 472 g/mol. The van der Waals surface area contributed by atoms with E-state index in [1.807, 2.05) is 51.1 Å². The molecule has 0 spiro atoms. The minimum atomic E-state index is -0.579. The Morgan fingerprint density at radius 1 is 0.919 bits per heavy atom. The highest BCUT2D eigenvalue weighted by Gasteiger charge is 2.43. The number of ether oxygens (including phenoxy) is 3. The van der Waals surface area contributed by atoms with Gasteiger partial charge in [0, 0.05) is 26.2 Å². The van der Waals surface area contributed by atoms with Crippen LogP contribution in [0, 0.1) is 0 Å². The Labute approximate surface area is 216 Å². The number of hydrogen-bond acceptors (Lipinski definition) is 7. The number of carbonyl (C=O) groups excluding carboxylic acids is 1. The molecule has 3 aromatic rings. The third kappa shape index (κ3) is 4.83. The molecule has 0 saturated carbocycles. The first kappa shape index (κ1) is 25.3. The number of nitrogens with zero attached hydrogens (tertiary/aromatic N) is 2. The second-order valence-corrected chi connectivity index (χ2v) is 9.29. The van der Waals surface area contributed by atoms with Crippen LogP contribution in [-0.2, 0) is 11.2 Å². The summed E-state index contributed by atoms with van der Waals surface area (Å²) in [5, 5.41) is 0.502. The topological polar surface area (TPSA) is 81.5 Å². The van der Waals surface area contributed by atoms with Crippen LogP contribution in [-0.4, -0.2) is 68.3 Å². The molecule has 1 aromatic heterocycles. The smallest absolute Gasteiger partial charge is 0.290 e. The van der Waals surface area contributed by atoms with Gasteiger partial charge in [-0.05, 0) is 55.7 Å². The van der Waals surface area contributed by atoms with Gasteiger partial charge >= 0.3 is 0 Å². The molecule has 37 heavy (non-hydrogen) atoms. The summed E-state index contributed by atoms with van der Waals surface area (Å²) in [6.07, 6.45) is 0.803. The molecule has 8 heteroatoms. The molecule has 2 aliphatic rings. The van der Waals surface area contributed by atoms with Crippen molar-refractivity contribution in [3.63, 3.8) is 0 Å². The zero-order valence-electron chi connectivity index (χ0n) is 21.7. The molecule has 3 heterocycles. The monoisotopic (exact) mass is 506 g/mol. The van der Waals surface area contributed by atoms with Crippen LogP contribution < -0.4 is 14.9 Å². The number of fused-ring (bicyclic) bond motifs is 2. The molecular formula is C29H34N2O6. The fourth-order valence-corrected chi connectivity index (χ4v) is 5.18. The predicted octanol–water partition coefficient (Wildman–Crippen LogP) is 4.03. The third-order valence-electron chi connectivity index (χ3n) is 7.08. The molecule has 1 fully saturated rings. The zero-order valence-corrected chi connectivity index (χ0v) is 21.7. The van der Waals surface area contributed by atoms with Crippen molar-refractivity contribution < 1.29 is 23.4 Å². The molecule has 1 atom stereocenters. The van der Waals surface area contributed by atoms with Crippen molar-refractivity contribution in [2.75, 3.05) is 52.6 Å². The Bertz CT molecular complexity index is 1340. The normalized spacial score (nSPS) is 17.9. The van der Waals surface area contributed by atoms with Crippen molar-refractivity contribution >= 4 is 16.9 Å². The van der Waals surface area contributed by atoms with Gasteiger partial charge in [0.1, 0.15) is 5.58 Å². The van der Waals surface area contributed by atoms with Crippen molar-refractivity contribution in [1.82, 2.24) is 9.80 Å². The summed E-state index contributed by atoms with van der Waals surface area (Å²) in [6, 6.07) is 10.7. The van der Waals surface area contributed by atoms with E-state index in [1.165, 1.54) is 0 Å². The number of aryl methyl sites for hydroxylation is 1. The average Bonchev–Trinajstić information content (AvgIpc) is 3.20. The van der Waals surface area contributed by atoms with E-state index in [0.29, 0.717) is 67.5 Å². The SMILES string of the molecule is CCOc1ccc(C2c3c(oc4ccc(CC)cc4c3=O)C(=O)N2CCN2CCOCC2)cc1OCC.